The highest BCUT2D eigenvalue weighted by atomic mass is 32.2. The lowest BCUT2D eigenvalue weighted by Crippen LogP contribution is -2.20. The summed E-state index contributed by atoms with van der Waals surface area (Å²) >= 11 is 0. The molecule has 0 radical (unpaired) electrons. The average molecular weight is 278 g/mol. The molecule has 4 heteroatoms. The van der Waals surface area contributed by atoms with Crippen LogP contribution in [0.2, 0.25) is 0 Å². The molecule has 0 heterocycles. The maximum absolute atomic E-state index is 11.2. The lowest BCUT2D eigenvalue weighted by atomic mass is 10.1. The fraction of sp³-hybridized carbons (Fsp3) is 1.00. The highest BCUT2D eigenvalue weighted by molar-refractivity contribution is 7.86. The fourth-order valence-electron chi connectivity index (χ4n) is 2.20. The Labute approximate surface area is 113 Å². The van der Waals surface area contributed by atoms with Gasteiger partial charge in [0.1, 0.15) is 0 Å². The van der Waals surface area contributed by atoms with Crippen molar-refractivity contribution in [3.05, 3.63) is 0 Å². The van der Waals surface area contributed by atoms with Crippen molar-refractivity contribution < 1.29 is 13.0 Å². The first-order valence-corrected chi connectivity index (χ1v) is 8.99. The van der Waals surface area contributed by atoms with E-state index in [0.717, 1.165) is 25.7 Å². The maximum atomic E-state index is 11.2. The van der Waals surface area contributed by atoms with E-state index in [4.69, 9.17) is 4.55 Å². The number of hydrogen-bond donors (Lipinski definition) is 1. The maximum Gasteiger partial charge on any atom is 0.267 e. The van der Waals surface area contributed by atoms with E-state index in [9.17, 15) is 8.42 Å². The minimum Gasteiger partial charge on any atom is -0.285 e. The largest absolute Gasteiger partial charge is 0.285 e. The Bertz CT molecular complexity index is 273. The second-order valence-electron chi connectivity index (χ2n) is 5.19. The van der Waals surface area contributed by atoms with Gasteiger partial charge in [-0.2, -0.15) is 8.42 Å². The van der Waals surface area contributed by atoms with Gasteiger partial charge in [-0.25, -0.2) is 0 Å². The predicted molar refractivity (Wildman–Crippen MR) is 77.5 cm³/mol. The Morgan fingerprint density at radius 2 is 1.22 bits per heavy atom. The molecule has 0 aromatic rings. The molecule has 18 heavy (non-hydrogen) atoms. The third kappa shape index (κ3) is 9.89. The zero-order valence-electron chi connectivity index (χ0n) is 12.0. The summed E-state index contributed by atoms with van der Waals surface area (Å²) in [6.45, 7) is 4.24. The molecule has 110 valence electrons. The van der Waals surface area contributed by atoms with E-state index in [2.05, 4.69) is 6.92 Å². The molecule has 0 aliphatic carbocycles. The van der Waals surface area contributed by atoms with Crippen LogP contribution >= 0.6 is 0 Å². The lowest BCUT2D eigenvalue weighted by Gasteiger charge is -2.13. The third-order valence-corrected chi connectivity index (χ3v) is 4.74. The molecule has 0 spiro atoms. The van der Waals surface area contributed by atoms with Crippen molar-refractivity contribution in [1.29, 1.82) is 0 Å². The van der Waals surface area contributed by atoms with Crippen LogP contribution in [0.5, 0.6) is 0 Å². The van der Waals surface area contributed by atoms with Crippen LogP contribution in [0.25, 0.3) is 0 Å². The smallest absolute Gasteiger partial charge is 0.267 e. The van der Waals surface area contributed by atoms with Gasteiger partial charge in [0.15, 0.2) is 0 Å². The molecular formula is C14H30O3S. The fourth-order valence-corrected chi connectivity index (χ4v) is 3.13. The monoisotopic (exact) mass is 278 g/mol. The van der Waals surface area contributed by atoms with Gasteiger partial charge in [-0.3, -0.25) is 4.55 Å². The lowest BCUT2D eigenvalue weighted by molar-refractivity contribution is 0.445. The second kappa shape index (κ2) is 10.8. The normalized spacial score (nSPS) is 13.7. The zero-order chi connectivity index (χ0) is 13.9. The van der Waals surface area contributed by atoms with E-state index >= 15 is 0 Å². The van der Waals surface area contributed by atoms with Crippen LogP contribution in [0, 0.1) is 0 Å². The first-order chi connectivity index (χ1) is 8.52. The molecule has 0 bridgehead atoms. The van der Waals surface area contributed by atoms with Crippen molar-refractivity contribution >= 4 is 10.1 Å². The van der Waals surface area contributed by atoms with Crippen LogP contribution in [-0.4, -0.2) is 18.2 Å². The first kappa shape index (κ1) is 17.9. The van der Waals surface area contributed by atoms with Gasteiger partial charge in [-0.05, 0) is 12.8 Å². The Balaban J connectivity index is 3.70. The molecule has 0 aromatic carbocycles. The molecule has 0 aromatic heterocycles. The Kier molecular flexibility index (Phi) is 10.7. The van der Waals surface area contributed by atoms with Crippen LogP contribution in [0.3, 0.4) is 0 Å². The van der Waals surface area contributed by atoms with Gasteiger partial charge >= 0.3 is 0 Å². The Morgan fingerprint density at radius 3 is 1.72 bits per heavy atom. The number of unbranched alkanes of at least 4 members (excludes halogenated alkanes) is 7. The van der Waals surface area contributed by atoms with Gasteiger partial charge in [-0.1, -0.05) is 71.6 Å². The molecule has 0 saturated carbocycles. The summed E-state index contributed by atoms with van der Waals surface area (Å²) in [5.74, 6) is 0. The van der Waals surface area contributed by atoms with Crippen molar-refractivity contribution in [1.82, 2.24) is 0 Å². The second-order valence-corrected chi connectivity index (χ2v) is 6.89. The van der Waals surface area contributed by atoms with Crippen LogP contribution in [0.4, 0.5) is 0 Å². The Hall–Kier alpha value is -0.0900. The highest BCUT2D eigenvalue weighted by Crippen LogP contribution is 2.17. The van der Waals surface area contributed by atoms with Crippen molar-refractivity contribution in [2.24, 2.45) is 0 Å². The topological polar surface area (TPSA) is 54.4 Å². The molecule has 0 aliphatic rings. The summed E-state index contributed by atoms with van der Waals surface area (Å²) in [7, 11) is -3.84. The zero-order valence-corrected chi connectivity index (χ0v) is 12.8. The molecule has 3 nitrogen and oxygen atoms in total. The van der Waals surface area contributed by atoms with Crippen LogP contribution in [0.15, 0.2) is 0 Å². The molecule has 0 saturated heterocycles. The van der Waals surface area contributed by atoms with Gasteiger partial charge < -0.3 is 0 Å². The summed E-state index contributed by atoms with van der Waals surface area (Å²) in [6, 6.07) is 0. The van der Waals surface area contributed by atoms with E-state index in [1.807, 2.05) is 6.92 Å². The minimum atomic E-state index is -3.84. The van der Waals surface area contributed by atoms with Gasteiger partial charge in [0.05, 0.1) is 5.25 Å². The molecule has 0 amide bonds. The molecule has 1 N–H and O–H groups in total. The molecule has 0 fully saturated rings. The SMILES string of the molecule is CCCCCCCCCC(CCCC)S(=O)(=O)O. The standard InChI is InChI=1S/C14H30O3S/c1-3-5-7-8-9-10-11-13-14(12-6-4-2)18(15,16)17/h14H,3-13H2,1-2H3,(H,15,16,17). The van der Waals surface area contributed by atoms with Crippen molar-refractivity contribution in [3.8, 4) is 0 Å². The average Bonchev–Trinajstić information content (AvgIpc) is 2.30. The summed E-state index contributed by atoms with van der Waals surface area (Å²) in [5.41, 5.74) is 0. The number of rotatable bonds is 12. The van der Waals surface area contributed by atoms with Gasteiger partial charge in [-0.15, -0.1) is 0 Å². The molecule has 0 rings (SSSR count). The summed E-state index contributed by atoms with van der Waals surface area (Å²) in [6.07, 6.45) is 11.3. The highest BCUT2D eigenvalue weighted by Gasteiger charge is 2.21. The summed E-state index contributed by atoms with van der Waals surface area (Å²) in [5, 5.41) is -0.534. The third-order valence-electron chi connectivity index (χ3n) is 3.43. The van der Waals surface area contributed by atoms with Crippen LogP contribution in [0.1, 0.15) is 84.5 Å². The van der Waals surface area contributed by atoms with Crippen LogP contribution in [-0.2, 0) is 10.1 Å². The summed E-state index contributed by atoms with van der Waals surface area (Å²) < 4.78 is 31.5. The molecule has 1 atom stereocenters. The first-order valence-electron chi connectivity index (χ1n) is 7.48. The minimum absolute atomic E-state index is 0.534. The van der Waals surface area contributed by atoms with Gasteiger partial charge in [0, 0.05) is 0 Å². The van der Waals surface area contributed by atoms with E-state index in [0.29, 0.717) is 12.8 Å². The molecular weight excluding hydrogens is 248 g/mol. The molecule has 1 unspecified atom stereocenters. The van der Waals surface area contributed by atoms with Crippen molar-refractivity contribution in [2.45, 2.75) is 89.7 Å². The van der Waals surface area contributed by atoms with Crippen molar-refractivity contribution in [2.75, 3.05) is 0 Å². The Morgan fingerprint density at radius 1 is 0.778 bits per heavy atom. The predicted octanol–water partition coefficient (Wildman–Crippen LogP) is 4.57. The molecule has 0 aliphatic heterocycles. The van der Waals surface area contributed by atoms with E-state index in [1.165, 1.54) is 32.1 Å². The van der Waals surface area contributed by atoms with Gasteiger partial charge in [0.25, 0.3) is 10.1 Å². The van der Waals surface area contributed by atoms with E-state index < -0.39 is 15.4 Å². The van der Waals surface area contributed by atoms with E-state index in [1.54, 1.807) is 0 Å². The number of hydrogen-bond acceptors (Lipinski definition) is 2. The van der Waals surface area contributed by atoms with E-state index in [-0.39, 0.29) is 0 Å². The summed E-state index contributed by atoms with van der Waals surface area (Å²) in [4.78, 5) is 0. The van der Waals surface area contributed by atoms with Gasteiger partial charge in [0.2, 0.25) is 0 Å². The van der Waals surface area contributed by atoms with Crippen LogP contribution < -0.4 is 0 Å². The van der Waals surface area contributed by atoms with Crippen molar-refractivity contribution in [3.63, 3.8) is 0 Å². The quantitative estimate of drug-likeness (QED) is 0.420.